The molecule has 4 rings (SSSR count). The van der Waals surface area contributed by atoms with Crippen LogP contribution in [-0.4, -0.2) is 42.8 Å². The molecule has 2 amide bonds. The van der Waals surface area contributed by atoms with Crippen molar-refractivity contribution in [2.75, 3.05) is 5.32 Å². The van der Waals surface area contributed by atoms with Gasteiger partial charge in [0.25, 0.3) is 11.8 Å². The Morgan fingerprint density at radius 1 is 0.917 bits per heavy atom. The minimum atomic E-state index is -1.10. The van der Waals surface area contributed by atoms with E-state index in [1.165, 1.54) is 31.0 Å². The number of nitrogens with zero attached hydrogens (tertiary/aromatic N) is 4. The number of aliphatic carboxylic acids is 1. The molecule has 0 spiro atoms. The smallest absolute Gasteiger partial charge is 0.305 e. The summed E-state index contributed by atoms with van der Waals surface area (Å²) in [6, 6.07) is 5.52. The molecular formula is C23H16Cl2N6O4S. The molecule has 4 aromatic rings. The molecular weight excluding hydrogens is 527 g/mol. The van der Waals surface area contributed by atoms with Gasteiger partial charge in [0.05, 0.1) is 39.1 Å². The SMILES string of the molecule is O=C(O)CC(NC(=O)c1ncc(-c2cnccn2)s1)c1ccc(NC(=O)c2c(Cl)cncc2Cl)cc1. The van der Waals surface area contributed by atoms with Crippen molar-refractivity contribution in [3.05, 3.63) is 87.6 Å². The van der Waals surface area contributed by atoms with Gasteiger partial charge in [0.1, 0.15) is 5.69 Å². The predicted molar refractivity (Wildman–Crippen MR) is 134 cm³/mol. The lowest BCUT2D eigenvalue weighted by Gasteiger charge is -2.17. The molecule has 0 aliphatic carbocycles. The average Bonchev–Trinajstić information content (AvgIpc) is 3.35. The molecule has 1 aromatic carbocycles. The lowest BCUT2D eigenvalue weighted by atomic mass is 10.0. The Hall–Kier alpha value is -3.93. The van der Waals surface area contributed by atoms with Gasteiger partial charge in [0, 0.05) is 36.7 Å². The van der Waals surface area contributed by atoms with Crippen molar-refractivity contribution in [2.45, 2.75) is 12.5 Å². The van der Waals surface area contributed by atoms with Gasteiger partial charge in [-0.15, -0.1) is 11.3 Å². The summed E-state index contributed by atoms with van der Waals surface area (Å²) in [5.74, 6) is -2.15. The maximum Gasteiger partial charge on any atom is 0.305 e. The van der Waals surface area contributed by atoms with E-state index in [9.17, 15) is 19.5 Å². The normalized spacial score (nSPS) is 11.5. The number of pyridine rings is 1. The third-order valence-electron chi connectivity index (χ3n) is 4.85. The second kappa shape index (κ2) is 11.2. The largest absolute Gasteiger partial charge is 0.481 e. The molecule has 3 heterocycles. The minimum absolute atomic E-state index is 0.0812. The molecule has 0 fully saturated rings. The van der Waals surface area contributed by atoms with Crippen molar-refractivity contribution in [3.63, 3.8) is 0 Å². The van der Waals surface area contributed by atoms with Gasteiger partial charge in [-0.2, -0.15) is 0 Å². The van der Waals surface area contributed by atoms with E-state index in [4.69, 9.17) is 23.2 Å². The Morgan fingerprint density at radius 3 is 2.28 bits per heavy atom. The highest BCUT2D eigenvalue weighted by Crippen LogP contribution is 2.27. The van der Waals surface area contributed by atoms with Crippen LogP contribution in [0.25, 0.3) is 10.6 Å². The molecule has 0 saturated carbocycles. The van der Waals surface area contributed by atoms with Crippen LogP contribution >= 0.6 is 34.5 Å². The van der Waals surface area contributed by atoms with Crippen LogP contribution in [0.5, 0.6) is 0 Å². The van der Waals surface area contributed by atoms with E-state index in [2.05, 4.69) is 30.6 Å². The first-order valence-electron chi connectivity index (χ1n) is 10.3. The highest BCUT2D eigenvalue weighted by Gasteiger charge is 2.22. The lowest BCUT2D eigenvalue weighted by molar-refractivity contribution is -0.137. The number of anilines is 1. The van der Waals surface area contributed by atoms with E-state index >= 15 is 0 Å². The first-order chi connectivity index (χ1) is 17.3. The zero-order valence-electron chi connectivity index (χ0n) is 18.2. The van der Waals surface area contributed by atoms with Crippen molar-refractivity contribution in [1.82, 2.24) is 25.3 Å². The Bertz CT molecular complexity index is 1400. The third-order valence-corrected chi connectivity index (χ3v) is 6.44. The van der Waals surface area contributed by atoms with Crippen molar-refractivity contribution < 1.29 is 19.5 Å². The number of nitrogens with one attached hydrogen (secondary N) is 2. The number of hydrogen-bond donors (Lipinski definition) is 3. The van der Waals surface area contributed by atoms with Crippen molar-refractivity contribution in [3.8, 4) is 10.6 Å². The summed E-state index contributed by atoms with van der Waals surface area (Å²) in [5, 5.41) is 15.1. The summed E-state index contributed by atoms with van der Waals surface area (Å²) in [6.45, 7) is 0. The number of aromatic nitrogens is 4. The second-order valence-corrected chi connectivity index (χ2v) is 9.14. The molecule has 0 saturated heterocycles. The van der Waals surface area contributed by atoms with Crippen molar-refractivity contribution >= 4 is 58.0 Å². The molecule has 3 N–H and O–H groups in total. The summed E-state index contributed by atoms with van der Waals surface area (Å²) in [6.07, 6.45) is 8.39. The van der Waals surface area contributed by atoms with Crippen LogP contribution in [-0.2, 0) is 4.79 Å². The van der Waals surface area contributed by atoms with E-state index in [0.717, 1.165) is 11.3 Å². The monoisotopic (exact) mass is 542 g/mol. The van der Waals surface area contributed by atoms with Crippen LogP contribution < -0.4 is 10.6 Å². The number of carboxylic acids is 1. The van der Waals surface area contributed by atoms with Crippen molar-refractivity contribution in [1.29, 1.82) is 0 Å². The molecule has 36 heavy (non-hydrogen) atoms. The summed E-state index contributed by atoms with van der Waals surface area (Å²) in [5.41, 5.74) is 1.59. The molecule has 0 radical (unpaired) electrons. The van der Waals surface area contributed by atoms with Crippen LogP contribution in [0.2, 0.25) is 10.0 Å². The van der Waals surface area contributed by atoms with Gasteiger partial charge in [-0.1, -0.05) is 35.3 Å². The van der Waals surface area contributed by atoms with Crippen LogP contribution in [0.15, 0.2) is 61.4 Å². The number of carboxylic acid groups (broad SMARTS) is 1. The van der Waals surface area contributed by atoms with Crippen LogP contribution in [0.1, 0.15) is 38.2 Å². The fourth-order valence-electron chi connectivity index (χ4n) is 3.19. The van der Waals surface area contributed by atoms with Gasteiger partial charge in [0.2, 0.25) is 0 Å². The highest BCUT2D eigenvalue weighted by atomic mass is 35.5. The first-order valence-corrected chi connectivity index (χ1v) is 11.8. The number of amides is 2. The summed E-state index contributed by atoms with van der Waals surface area (Å²) >= 11 is 13.2. The van der Waals surface area contributed by atoms with E-state index in [1.54, 1.807) is 30.5 Å². The first kappa shape index (κ1) is 25.2. The number of benzene rings is 1. The fraction of sp³-hybridized carbons (Fsp3) is 0.0870. The van der Waals surface area contributed by atoms with E-state index < -0.39 is 23.8 Å². The minimum Gasteiger partial charge on any atom is -0.481 e. The van der Waals surface area contributed by atoms with Gasteiger partial charge in [-0.05, 0) is 17.7 Å². The Morgan fingerprint density at radius 2 is 1.64 bits per heavy atom. The molecule has 0 bridgehead atoms. The predicted octanol–water partition coefficient (Wildman–Crippen LogP) is 4.50. The van der Waals surface area contributed by atoms with E-state index in [-0.39, 0.29) is 27.0 Å². The number of rotatable bonds is 8. The summed E-state index contributed by atoms with van der Waals surface area (Å²) < 4.78 is 0. The maximum atomic E-state index is 12.8. The number of halogens is 2. The molecule has 10 nitrogen and oxygen atoms in total. The van der Waals surface area contributed by atoms with Gasteiger partial charge >= 0.3 is 5.97 Å². The molecule has 1 unspecified atom stereocenters. The number of thiazole rings is 1. The summed E-state index contributed by atoms with van der Waals surface area (Å²) in [4.78, 5) is 53.6. The fourth-order valence-corrected chi connectivity index (χ4v) is 4.51. The quantitative estimate of drug-likeness (QED) is 0.294. The Balaban J connectivity index is 1.48. The van der Waals surface area contributed by atoms with Gasteiger partial charge in [0.15, 0.2) is 5.01 Å². The van der Waals surface area contributed by atoms with Gasteiger partial charge in [-0.25, -0.2) is 4.98 Å². The third kappa shape index (κ3) is 6.00. The van der Waals surface area contributed by atoms with Crippen LogP contribution in [0.4, 0.5) is 5.69 Å². The Kier molecular flexibility index (Phi) is 7.84. The topological polar surface area (TPSA) is 147 Å². The molecule has 0 aliphatic heterocycles. The second-order valence-electron chi connectivity index (χ2n) is 7.30. The number of carbonyl (C=O) groups excluding carboxylic acids is 2. The zero-order chi connectivity index (χ0) is 25.7. The van der Waals surface area contributed by atoms with Crippen LogP contribution in [0, 0.1) is 0 Å². The van der Waals surface area contributed by atoms with Crippen molar-refractivity contribution in [2.24, 2.45) is 0 Å². The molecule has 0 aliphatic rings. The van der Waals surface area contributed by atoms with E-state index in [0.29, 0.717) is 21.8 Å². The molecule has 3 aromatic heterocycles. The molecule has 182 valence electrons. The van der Waals surface area contributed by atoms with Gasteiger partial charge < -0.3 is 15.7 Å². The molecule has 1 atom stereocenters. The highest BCUT2D eigenvalue weighted by molar-refractivity contribution is 7.16. The van der Waals surface area contributed by atoms with E-state index in [1.807, 2.05) is 0 Å². The number of hydrogen-bond acceptors (Lipinski definition) is 8. The Labute approximate surface area is 218 Å². The molecule has 13 heteroatoms. The zero-order valence-corrected chi connectivity index (χ0v) is 20.5. The average molecular weight is 543 g/mol. The summed E-state index contributed by atoms with van der Waals surface area (Å²) in [7, 11) is 0. The van der Waals surface area contributed by atoms with Gasteiger partial charge in [-0.3, -0.25) is 29.3 Å². The van der Waals surface area contributed by atoms with Crippen LogP contribution in [0.3, 0.4) is 0 Å². The lowest BCUT2D eigenvalue weighted by Crippen LogP contribution is -2.30. The maximum absolute atomic E-state index is 12.8. The number of carbonyl (C=O) groups is 3. The standard InChI is InChI=1S/C23H16Cl2N6O4S/c24-14-8-27-9-15(25)20(14)21(34)30-13-3-1-12(2-4-13)16(7-19(32)33)31-22(35)23-29-11-18(36-23)17-10-26-5-6-28-17/h1-6,8-11,16H,7H2,(H,30,34)(H,31,35)(H,32,33).